The van der Waals surface area contributed by atoms with Crippen LogP contribution in [0, 0.1) is 5.82 Å². The van der Waals surface area contributed by atoms with E-state index in [0.717, 1.165) is 48.8 Å². The van der Waals surface area contributed by atoms with Crippen molar-refractivity contribution in [2.24, 2.45) is 0 Å². The van der Waals surface area contributed by atoms with Crippen molar-refractivity contribution in [3.05, 3.63) is 71.2 Å². The number of halogens is 2. The quantitative estimate of drug-likeness (QED) is 0.648. The molecule has 1 aliphatic heterocycles. The third-order valence-electron chi connectivity index (χ3n) is 5.38. The number of carbonyl (C=O) groups excluding carboxylic acids is 2. The molecule has 1 aliphatic rings. The monoisotopic (exact) mass is 415 g/mol. The number of H-pyrrole nitrogens is 1. The number of aromatic nitrogens is 1. The number of aromatic amines is 1. The summed E-state index contributed by atoms with van der Waals surface area (Å²) in [6, 6.07) is 12.1. The van der Waals surface area contributed by atoms with Gasteiger partial charge >= 0.3 is 0 Å². The summed E-state index contributed by atoms with van der Waals surface area (Å²) < 4.78 is 13.0. The van der Waals surface area contributed by atoms with Crippen molar-refractivity contribution < 1.29 is 14.0 Å². The van der Waals surface area contributed by atoms with Crippen LogP contribution >= 0.6 is 12.4 Å². The Hall–Kier alpha value is -2.70. The highest BCUT2D eigenvalue weighted by atomic mass is 35.5. The Morgan fingerprint density at radius 2 is 1.79 bits per heavy atom. The summed E-state index contributed by atoms with van der Waals surface area (Å²) in [5.74, 6) is -0.216. The molecule has 0 saturated carbocycles. The van der Waals surface area contributed by atoms with Crippen LogP contribution in [-0.4, -0.2) is 59.7 Å². The van der Waals surface area contributed by atoms with E-state index in [1.807, 2.05) is 23.1 Å². The number of hydrogen-bond acceptors (Lipinski definition) is 3. The molecule has 1 amide bonds. The number of benzene rings is 2. The molecule has 1 N–H and O–H groups in total. The number of nitrogens with one attached hydrogen (secondary N) is 1. The highest BCUT2D eigenvalue weighted by Crippen LogP contribution is 2.20. The van der Waals surface area contributed by atoms with E-state index < -0.39 is 0 Å². The van der Waals surface area contributed by atoms with Gasteiger partial charge in [-0.1, -0.05) is 12.1 Å². The van der Waals surface area contributed by atoms with Gasteiger partial charge in [-0.25, -0.2) is 4.39 Å². The predicted molar refractivity (Wildman–Crippen MR) is 113 cm³/mol. The van der Waals surface area contributed by atoms with Gasteiger partial charge in [-0.2, -0.15) is 0 Å². The lowest BCUT2D eigenvalue weighted by Gasteiger charge is -2.34. The first-order chi connectivity index (χ1) is 13.6. The molecule has 3 aromatic rings. The van der Waals surface area contributed by atoms with Crippen LogP contribution in [0.15, 0.2) is 48.7 Å². The number of amides is 1. The standard InChI is InChI=1S/C22H22FN3O2.ClH/c23-19-4-1-16(2-5-19)7-8-25-9-11-26(12-10-25)22(28)17-3-6-21-20(13-17)18(15-27)14-24-21;/h1-6,13-15,24H,7-12H2;1H. The number of carbonyl (C=O) groups is 2. The van der Waals surface area contributed by atoms with Gasteiger partial charge < -0.3 is 9.88 Å². The fourth-order valence-electron chi connectivity index (χ4n) is 3.67. The first kappa shape index (κ1) is 21.0. The van der Waals surface area contributed by atoms with Gasteiger partial charge in [0.1, 0.15) is 5.82 Å². The lowest BCUT2D eigenvalue weighted by atomic mass is 10.1. The number of fused-ring (bicyclic) bond motifs is 1. The van der Waals surface area contributed by atoms with E-state index in [1.165, 1.54) is 12.1 Å². The van der Waals surface area contributed by atoms with Crippen molar-refractivity contribution in [2.45, 2.75) is 6.42 Å². The summed E-state index contributed by atoms with van der Waals surface area (Å²) in [6.07, 6.45) is 3.33. The van der Waals surface area contributed by atoms with Crippen LogP contribution in [0.25, 0.3) is 10.9 Å². The molecule has 1 saturated heterocycles. The van der Waals surface area contributed by atoms with E-state index >= 15 is 0 Å². The summed E-state index contributed by atoms with van der Waals surface area (Å²) in [5.41, 5.74) is 3.14. The molecule has 1 fully saturated rings. The zero-order chi connectivity index (χ0) is 19.5. The molecule has 2 heterocycles. The highest BCUT2D eigenvalue weighted by molar-refractivity contribution is 6.03. The maximum absolute atomic E-state index is 13.0. The van der Waals surface area contributed by atoms with Gasteiger partial charge in [-0.15, -0.1) is 12.4 Å². The Kier molecular flexibility index (Phi) is 6.67. The molecule has 7 heteroatoms. The molecular weight excluding hydrogens is 393 g/mol. The van der Waals surface area contributed by atoms with E-state index in [9.17, 15) is 14.0 Å². The number of nitrogens with zero attached hydrogens (tertiary/aromatic N) is 2. The Morgan fingerprint density at radius 1 is 1.07 bits per heavy atom. The number of rotatable bonds is 5. The number of piperazine rings is 1. The van der Waals surface area contributed by atoms with Gasteiger partial charge in [-0.3, -0.25) is 14.5 Å². The van der Waals surface area contributed by atoms with Crippen molar-refractivity contribution in [1.29, 1.82) is 0 Å². The summed E-state index contributed by atoms with van der Waals surface area (Å²) in [7, 11) is 0. The molecule has 0 aliphatic carbocycles. The van der Waals surface area contributed by atoms with Crippen molar-refractivity contribution in [1.82, 2.24) is 14.8 Å². The van der Waals surface area contributed by atoms with E-state index in [-0.39, 0.29) is 24.1 Å². The van der Waals surface area contributed by atoms with Gasteiger partial charge in [0.15, 0.2) is 6.29 Å². The van der Waals surface area contributed by atoms with Gasteiger partial charge in [0.05, 0.1) is 0 Å². The smallest absolute Gasteiger partial charge is 0.253 e. The second-order valence-electron chi connectivity index (χ2n) is 7.13. The molecule has 0 bridgehead atoms. The molecule has 4 rings (SSSR count). The SMILES string of the molecule is Cl.O=Cc1c[nH]c2ccc(C(=O)N3CCN(CCc4ccc(F)cc4)CC3)cc12. The lowest BCUT2D eigenvalue weighted by Crippen LogP contribution is -2.49. The Morgan fingerprint density at radius 3 is 2.48 bits per heavy atom. The maximum Gasteiger partial charge on any atom is 0.253 e. The van der Waals surface area contributed by atoms with Gasteiger partial charge in [-0.05, 0) is 42.3 Å². The summed E-state index contributed by atoms with van der Waals surface area (Å²) >= 11 is 0. The van der Waals surface area contributed by atoms with E-state index in [1.54, 1.807) is 18.3 Å². The van der Waals surface area contributed by atoms with Crippen LogP contribution in [0.4, 0.5) is 4.39 Å². The van der Waals surface area contributed by atoms with E-state index in [4.69, 9.17) is 0 Å². The Balaban J connectivity index is 0.00000240. The first-order valence-corrected chi connectivity index (χ1v) is 9.46. The van der Waals surface area contributed by atoms with Crippen LogP contribution in [-0.2, 0) is 6.42 Å². The third-order valence-corrected chi connectivity index (χ3v) is 5.38. The Bertz CT molecular complexity index is 995. The first-order valence-electron chi connectivity index (χ1n) is 9.46. The van der Waals surface area contributed by atoms with Crippen molar-refractivity contribution in [2.75, 3.05) is 32.7 Å². The molecule has 2 aromatic carbocycles. The fraction of sp³-hybridized carbons (Fsp3) is 0.273. The average molecular weight is 416 g/mol. The molecule has 152 valence electrons. The van der Waals surface area contributed by atoms with E-state index in [0.29, 0.717) is 24.2 Å². The van der Waals surface area contributed by atoms with Gasteiger partial charge in [0, 0.05) is 61.0 Å². The second-order valence-corrected chi connectivity index (χ2v) is 7.13. The summed E-state index contributed by atoms with van der Waals surface area (Å²) in [6.45, 7) is 3.88. The minimum Gasteiger partial charge on any atom is -0.360 e. The lowest BCUT2D eigenvalue weighted by molar-refractivity contribution is 0.0638. The summed E-state index contributed by atoms with van der Waals surface area (Å²) in [5, 5.41) is 0.777. The molecule has 0 radical (unpaired) electrons. The van der Waals surface area contributed by atoms with Crippen molar-refractivity contribution >= 4 is 35.5 Å². The molecular formula is C22H23ClFN3O2. The van der Waals surface area contributed by atoms with Crippen molar-refractivity contribution in [3.8, 4) is 0 Å². The largest absolute Gasteiger partial charge is 0.360 e. The second kappa shape index (κ2) is 9.20. The zero-order valence-electron chi connectivity index (χ0n) is 15.9. The number of aldehydes is 1. The van der Waals surface area contributed by atoms with Crippen LogP contribution in [0.1, 0.15) is 26.3 Å². The predicted octanol–water partition coefficient (Wildman–Crippen LogP) is 3.54. The van der Waals surface area contributed by atoms with E-state index in [2.05, 4.69) is 9.88 Å². The molecule has 1 aromatic heterocycles. The average Bonchev–Trinajstić information content (AvgIpc) is 3.15. The minimum atomic E-state index is -0.214. The van der Waals surface area contributed by atoms with Gasteiger partial charge in [0.25, 0.3) is 5.91 Å². The molecule has 5 nitrogen and oxygen atoms in total. The van der Waals surface area contributed by atoms with Crippen LogP contribution in [0.3, 0.4) is 0 Å². The third kappa shape index (κ3) is 4.66. The van der Waals surface area contributed by atoms with Crippen LogP contribution in [0.2, 0.25) is 0 Å². The normalized spacial score (nSPS) is 14.6. The molecule has 0 unspecified atom stereocenters. The topological polar surface area (TPSA) is 56.4 Å². The van der Waals surface area contributed by atoms with Crippen LogP contribution < -0.4 is 0 Å². The zero-order valence-corrected chi connectivity index (χ0v) is 16.8. The maximum atomic E-state index is 13.0. The molecule has 0 spiro atoms. The Labute approximate surface area is 174 Å². The van der Waals surface area contributed by atoms with Crippen LogP contribution in [0.5, 0.6) is 0 Å². The van der Waals surface area contributed by atoms with Crippen molar-refractivity contribution in [3.63, 3.8) is 0 Å². The van der Waals surface area contributed by atoms with Gasteiger partial charge in [0.2, 0.25) is 0 Å². The minimum absolute atomic E-state index is 0. The molecule has 29 heavy (non-hydrogen) atoms. The highest BCUT2D eigenvalue weighted by Gasteiger charge is 2.22. The number of hydrogen-bond donors (Lipinski definition) is 1. The fourth-order valence-corrected chi connectivity index (χ4v) is 3.67. The summed E-state index contributed by atoms with van der Waals surface area (Å²) in [4.78, 5) is 31.2. The molecule has 0 atom stereocenters.